The number of nitrogens with one attached hydrogen (secondary N) is 1. The summed E-state index contributed by atoms with van der Waals surface area (Å²) in [5.41, 5.74) is 0.157. The lowest BCUT2D eigenvalue weighted by Gasteiger charge is -2.05. The maximum absolute atomic E-state index is 13.2. The summed E-state index contributed by atoms with van der Waals surface area (Å²) in [7, 11) is 0. The molecular weight excluding hydrogens is 226 g/mol. The Morgan fingerprint density at radius 3 is 2.82 bits per heavy atom. The molecular formula is C12H12F2N2O. The second-order valence-electron chi connectivity index (χ2n) is 3.52. The average Bonchev–Trinajstić information content (AvgIpc) is 2.28. The molecule has 0 aromatic heterocycles. The van der Waals surface area contributed by atoms with Gasteiger partial charge in [0.1, 0.15) is 11.6 Å². The average molecular weight is 238 g/mol. The number of nitriles is 1. The van der Waals surface area contributed by atoms with E-state index < -0.39 is 11.6 Å². The molecule has 1 aromatic carbocycles. The van der Waals surface area contributed by atoms with Crippen LogP contribution in [0.25, 0.3) is 0 Å². The molecule has 0 aliphatic rings. The van der Waals surface area contributed by atoms with Crippen LogP contribution in [-0.2, 0) is 11.2 Å². The molecule has 1 aromatic rings. The normalized spacial score (nSPS) is 9.71. The van der Waals surface area contributed by atoms with Gasteiger partial charge in [-0.05, 0) is 18.1 Å². The van der Waals surface area contributed by atoms with Crippen molar-refractivity contribution in [2.45, 2.75) is 19.3 Å². The molecule has 1 rings (SSSR count). The summed E-state index contributed by atoms with van der Waals surface area (Å²) in [5.74, 6) is -1.73. The molecule has 0 radical (unpaired) electrons. The Morgan fingerprint density at radius 2 is 2.18 bits per heavy atom. The van der Waals surface area contributed by atoms with E-state index >= 15 is 0 Å². The molecule has 0 bridgehead atoms. The highest BCUT2D eigenvalue weighted by Crippen LogP contribution is 2.09. The van der Waals surface area contributed by atoms with Crippen molar-refractivity contribution in [2.75, 3.05) is 6.54 Å². The fourth-order valence-corrected chi connectivity index (χ4v) is 1.30. The number of hydrogen-bond donors (Lipinski definition) is 1. The van der Waals surface area contributed by atoms with Gasteiger partial charge in [-0.2, -0.15) is 5.26 Å². The summed E-state index contributed by atoms with van der Waals surface area (Å²) < 4.78 is 25.8. The molecule has 5 heteroatoms. The van der Waals surface area contributed by atoms with Crippen LogP contribution < -0.4 is 5.32 Å². The third-order valence-electron chi connectivity index (χ3n) is 2.15. The van der Waals surface area contributed by atoms with Gasteiger partial charge in [-0.25, -0.2) is 8.78 Å². The molecule has 3 nitrogen and oxygen atoms in total. The molecule has 0 aliphatic carbocycles. The fourth-order valence-electron chi connectivity index (χ4n) is 1.30. The van der Waals surface area contributed by atoms with E-state index in [0.717, 1.165) is 12.1 Å². The van der Waals surface area contributed by atoms with E-state index in [1.165, 1.54) is 6.07 Å². The first-order chi connectivity index (χ1) is 8.13. The first kappa shape index (κ1) is 13.1. The van der Waals surface area contributed by atoms with Crippen LogP contribution in [0.4, 0.5) is 8.78 Å². The van der Waals surface area contributed by atoms with E-state index in [-0.39, 0.29) is 17.9 Å². The lowest BCUT2D eigenvalue weighted by molar-refractivity contribution is -0.120. The number of unbranched alkanes of at least 4 members (excludes halogenated alkanes) is 1. The smallest absolute Gasteiger partial charge is 0.224 e. The predicted octanol–water partition coefficient (Wildman–Crippen LogP) is 1.93. The van der Waals surface area contributed by atoms with E-state index in [9.17, 15) is 13.6 Å². The van der Waals surface area contributed by atoms with Gasteiger partial charge in [0.2, 0.25) is 5.91 Å². The number of hydrogen-bond acceptors (Lipinski definition) is 2. The predicted molar refractivity (Wildman–Crippen MR) is 57.9 cm³/mol. The van der Waals surface area contributed by atoms with Gasteiger partial charge in [-0.3, -0.25) is 4.79 Å². The maximum atomic E-state index is 13.2. The molecule has 0 unspecified atom stereocenters. The highest BCUT2D eigenvalue weighted by molar-refractivity contribution is 5.78. The van der Waals surface area contributed by atoms with Crippen LogP contribution in [0.2, 0.25) is 0 Å². The van der Waals surface area contributed by atoms with Crippen molar-refractivity contribution in [2.24, 2.45) is 0 Å². The molecule has 1 amide bonds. The van der Waals surface area contributed by atoms with Gasteiger partial charge < -0.3 is 5.32 Å². The highest BCUT2D eigenvalue weighted by atomic mass is 19.1. The third-order valence-corrected chi connectivity index (χ3v) is 2.15. The quantitative estimate of drug-likeness (QED) is 0.797. The Balaban J connectivity index is 2.43. The zero-order valence-corrected chi connectivity index (χ0v) is 9.17. The number of benzene rings is 1. The lowest BCUT2D eigenvalue weighted by atomic mass is 10.1. The fraction of sp³-hybridized carbons (Fsp3) is 0.333. The van der Waals surface area contributed by atoms with Crippen molar-refractivity contribution < 1.29 is 13.6 Å². The maximum Gasteiger partial charge on any atom is 0.224 e. The topological polar surface area (TPSA) is 52.9 Å². The summed E-state index contributed by atoms with van der Waals surface area (Å²) in [4.78, 5) is 11.4. The zero-order valence-electron chi connectivity index (χ0n) is 9.17. The minimum Gasteiger partial charge on any atom is -0.356 e. The monoisotopic (exact) mass is 238 g/mol. The van der Waals surface area contributed by atoms with E-state index in [0.29, 0.717) is 19.4 Å². The summed E-state index contributed by atoms with van der Waals surface area (Å²) in [5, 5.41) is 10.8. The van der Waals surface area contributed by atoms with E-state index in [2.05, 4.69) is 5.32 Å². The Labute approximate surface area is 98.1 Å². The molecule has 0 saturated carbocycles. The van der Waals surface area contributed by atoms with Gasteiger partial charge >= 0.3 is 0 Å². The van der Waals surface area contributed by atoms with Crippen molar-refractivity contribution in [1.82, 2.24) is 5.32 Å². The number of rotatable bonds is 5. The number of carbonyl (C=O) groups is 1. The molecule has 90 valence electrons. The Hall–Kier alpha value is -1.96. The first-order valence-corrected chi connectivity index (χ1v) is 5.21. The Bertz CT molecular complexity index is 441. The van der Waals surface area contributed by atoms with Crippen LogP contribution in [0.15, 0.2) is 18.2 Å². The van der Waals surface area contributed by atoms with Crippen LogP contribution in [0.1, 0.15) is 18.4 Å². The Kier molecular flexibility index (Phi) is 5.08. The zero-order chi connectivity index (χ0) is 12.7. The largest absolute Gasteiger partial charge is 0.356 e. The first-order valence-electron chi connectivity index (χ1n) is 5.21. The summed E-state index contributed by atoms with van der Waals surface area (Å²) >= 11 is 0. The minimum absolute atomic E-state index is 0.126. The Morgan fingerprint density at radius 1 is 1.41 bits per heavy atom. The molecule has 0 heterocycles. The van der Waals surface area contributed by atoms with Crippen LogP contribution in [0.3, 0.4) is 0 Å². The van der Waals surface area contributed by atoms with Gasteiger partial charge in [-0.1, -0.05) is 6.07 Å². The summed E-state index contributed by atoms with van der Waals surface area (Å²) in [6.07, 6.45) is 0.804. The van der Waals surface area contributed by atoms with Crippen molar-refractivity contribution in [3.63, 3.8) is 0 Å². The second kappa shape index (κ2) is 6.59. The van der Waals surface area contributed by atoms with Gasteiger partial charge in [0.15, 0.2) is 0 Å². The summed E-state index contributed by atoms with van der Waals surface area (Å²) in [6.45, 7) is 0.384. The molecule has 0 saturated heterocycles. The molecule has 17 heavy (non-hydrogen) atoms. The molecule has 0 spiro atoms. The van der Waals surface area contributed by atoms with Gasteiger partial charge in [-0.15, -0.1) is 0 Å². The molecule has 0 atom stereocenters. The number of halogens is 2. The summed E-state index contributed by atoms with van der Waals surface area (Å²) in [6, 6.07) is 5.06. The van der Waals surface area contributed by atoms with E-state index in [4.69, 9.17) is 5.26 Å². The van der Waals surface area contributed by atoms with Crippen molar-refractivity contribution >= 4 is 5.91 Å². The highest BCUT2D eigenvalue weighted by Gasteiger charge is 2.08. The van der Waals surface area contributed by atoms with E-state index in [1.54, 1.807) is 0 Å². The van der Waals surface area contributed by atoms with Crippen LogP contribution in [-0.4, -0.2) is 12.5 Å². The minimum atomic E-state index is -0.725. The molecule has 0 aliphatic heterocycles. The van der Waals surface area contributed by atoms with Crippen molar-refractivity contribution in [1.29, 1.82) is 5.26 Å². The molecule has 1 N–H and O–H groups in total. The number of carbonyl (C=O) groups excluding carboxylic acids is 1. The van der Waals surface area contributed by atoms with Gasteiger partial charge in [0.05, 0.1) is 12.5 Å². The number of amides is 1. The van der Waals surface area contributed by atoms with Gasteiger partial charge in [0, 0.05) is 19.0 Å². The molecule has 0 fully saturated rings. The lowest BCUT2D eigenvalue weighted by Crippen LogP contribution is -2.26. The SMILES string of the molecule is N#CCCCNC(=O)Cc1ccc(F)cc1F. The standard InChI is InChI=1S/C12H12F2N2O/c13-10-4-3-9(11(14)8-10)7-12(17)16-6-2-1-5-15/h3-4,8H,1-2,6-7H2,(H,16,17). The van der Waals surface area contributed by atoms with Crippen LogP contribution in [0.5, 0.6) is 0 Å². The van der Waals surface area contributed by atoms with Crippen LogP contribution in [0, 0.1) is 23.0 Å². The number of nitrogens with zero attached hydrogens (tertiary/aromatic N) is 1. The van der Waals surface area contributed by atoms with E-state index in [1.807, 2.05) is 6.07 Å². The van der Waals surface area contributed by atoms with Crippen molar-refractivity contribution in [3.05, 3.63) is 35.4 Å². The van der Waals surface area contributed by atoms with Crippen molar-refractivity contribution in [3.8, 4) is 6.07 Å². The second-order valence-corrected chi connectivity index (χ2v) is 3.52. The van der Waals surface area contributed by atoms with Crippen LogP contribution >= 0.6 is 0 Å². The van der Waals surface area contributed by atoms with Gasteiger partial charge in [0.25, 0.3) is 0 Å². The third kappa shape index (κ3) is 4.60.